The molecule has 0 unspecified atom stereocenters. The summed E-state index contributed by atoms with van der Waals surface area (Å²) in [6.07, 6.45) is 0.590. The zero-order valence-electron chi connectivity index (χ0n) is 15.6. The van der Waals surface area contributed by atoms with Gasteiger partial charge in [0.2, 0.25) is 0 Å². The Bertz CT molecular complexity index is 1140. The second-order valence-corrected chi connectivity index (χ2v) is 6.67. The maximum absolute atomic E-state index is 12.7. The molecule has 1 atom stereocenters. The molecule has 0 aliphatic rings. The van der Waals surface area contributed by atoms with Crippen molar-refractivity contribution in [2.75, 3.05) is 5.32 Å². The molecule has 6 nitrogen and oxygen atoms in total. The van der Waals surface area contributed by atoms with Gasteiger partial charge in [-0.1, -0.05) is 48.5 Å². The first kappa shape index (κ1) is 18.3. The minimum atomic E-state index is -0.360. The Hall–Kier alpha value is -4.11. The molecule has 29 heavy (non-hydrogen) atoms. The van der Waals surface area contributed by atoms with E-state index in [1.807, 2.05) is 54.6 Å². The molecule has 0 spiro atoms. The van der Waals surface area contributed by atoms with Crippen molar-refractivity contribution in [2.45, 2.75) is 12.5 Å². The van der Waals surface area contributed by atoms with E-state index < -0.39 is 0 Å². The monoisotopic (exact) mass is 381 g/mol. The highest BCUT2D eigenvalue weighted by Crippen LogP contribution is 2.20. The highest BCUT2D eigenvalue weighted by atomic mass is 16.2. The molecule has 2 amide bonds. The average Bonchev–Trinajstić information content (AvgIpc) is 3.18. The lowest BCUT2D eigenvalue weighted by Crippen LogP contribution is -2.34. The number of carbonyl (C=O) groups is 1. The molecule has 0 fully saturated rings. The number of aromatic amines is 1. The fourth-order valence-electron chi connectivity index (χ4n) is 3.20. The molecule has 3 N–H and O–H groups in total. The van der Waals surface area contributed by atoms with Crippen LogP contribution >= 0.6 is 0 Å². The minimum Gasteiger partial charge on any atom is -0.340 e. The van der Waals surface area contributed by atoms with Crippen LogP contribution in [0.3, 0.4) is 0 Å². The standard InChI is InChI=1S/C23H19N5O/c24-15-17-9-6-10-18(13-17)25-23(29)28-21(14-16-7-2-1-3-8-16)22-26-19-11-4-5-12-20(19)27-22/h1-13,21H,14H2,(H,26,27)(H2,25,28,29)/t21-/m0/s1. The third-order valence-corrected chi connectivity index (χ3v) is 4.58. The largest absolute Gasteiger partial charge is 0.340 e. The van der Waals surface area contributed by atoms with Crippen molar-refractivity contribution in [2.24, 2.45) is 0 Å². The fourth-order valence-corrected chi connectivity index (χ4v) is 3.20. The lowest BCUT2D eigenvalue weighted by Gasteiger charge is -2.17. The number of fused-ring (bicyclic) bond motifs is 1. The minimum absolute atomic E-state index is 0.344. The van der Waals surface area contributed by atoms with Crippen molar-refractivity contribution in [3.63, 3.8) is 0 Å². The fraction of sp³-hybridized carbons (Fsp3) is 0.0870. The quantitative estimate of drug-likeness (QED) is 0.474. The highest BCUT2D eigenvalue weighted by Gasteiger charge is 2.19. The number of imidazole rings is 1. The first-order valence-corrected chi connectivity index (χ1v) is 9.27. The number of nitrogens with one attached hydrogen (secondary N) is 3. The summed E-state index contributed by atoms with van der Waals surface area (Å²) in [6.45, 7) is 0. The molecule has 1 heterocycles. The van der Waals surface area contributed by atoms with Crippen LogP contribution in [0.2, 0.25) is 0 Å². The van der Waals surface area contributed by atoms with Crippen LogP contribution < -0.4 is 10.6 Å². The summed E-state index contributed by atoms with van der Waals surface area (Å²) in [7, 11) is 0. The van der Waals surface area contributed by atoms with Crippen LogP contribution in [0.1, 0.15) is 23.0 Å². The van der Waals surface area contributed by atoms with Crippen LogP contribution in [-0.2, 0) is 6.42 Å². The number of benzene rings is 3. The summed E-state index contributed by atoms with van der Waals surface area (Å²) >= 11 is 0. The van der Waals surface area contributed by atoms with Crippen LogP contribution in [0.25, 0.3) is 11.0 Å². The van der Waals surface area contributed by atoms with Crippen LogP contribution in [0, 0.1) is 11.3 Å². The number of hydrogen-bond donors (Lipinski definition) is 3. The van der Waals surface area contributed by atoms with E-state index in [1.165, 1.54) is 0 Å². The lowest BCUT2D eigenvalue weighted by atomic mass is 10.1. The molecule has 0 saturated heterocycles. The van der Waals surface area contributed by atoms with Crippen molar-refractivity contribution in [1.29, 1.82) is 5.26 Å². The third kappa shape index (κ3) is 4.42. The van der Waals surface area contributed by atoms with Gasteiger partial charge >= 0.3 is 6.03 Å². The number of nitriles is 1. The number of nitrogens with zero attached hydrogens (tertiary/aromatic N) is 2. The maximum Gasteiger partial charge on any atom is 0.319 e. The molecule has 0 aliphatic carbocycles. The molecular formula is C23H19N5O. The smallest absolute Gasteiger partial charge is 0.319 e. The van der Waals surface area contributed by atoms with E-state index in [-0.39, 0.29) is 12.1 Å². The molecule has 142 valence electrons. The Kier molecular flexibility index (Phi) is 5.21. The Morgan fingerprint density at radius 3 is 2.62 bits per heavy atom. The number of H-pyrrole nitrogens is 1. The van der Waals surface area contributed by atoms with Crippen molar-refractivity contribution in [3.05, 3.63) is 95.8 Å². The van der Waals surface area contributed by atoms with Gasteiger partial charge in [-0.2, -0.15) is 5.26 Å². The zero-order valence-corrected chi connectivity index (χ0v) is 15.6. The average molecular weight is 381 g/mol. The molecular weight excluding hydrogens is 362 g/mol. The van der Waals surface area contributed by atoms with E-state index in [2.05, 4.69) is 26.7 Å². The van der Waals surface area contributed by atoms with Crippen LogP contribution in [0.5, 0.6) is 0 Å². The van der Waals surface area contributed by atoms with Gasteiger partial charge in [0.05, 0.1) is 28.7 Å². The number of aromatic nitrogens is 2. The van der Waals surface area contributed by atoms with Crippen molar-refractivity contribution < 1.29 is 4.79 Å². The predicted molar refractivity (Wildman–Crippen MR) is 112 cm³/mol. The van der Waals surface area contributed by atoms with Crippen molar-refractivity contribution in [1.82, 2.24) is 15.3 Å². The Morgan fingerprint density at radius 2 is 1.83 bits per heavy atom. The SMILES string of the molecule is N#Cc1cccc(NC(=O)N[C@@H](Cc2ccccc2)c2nc3ccccc3[nH]2)c1. The number of urea groups is 1. The molecule has 0 bridgehead atoms. The van der Waals surface area contributed by atoms with Gasteiger partial charge < -0.3 is 15.6 Å². The molecule has 4 rings (SSSR count). The second kappa shape index (κ2) is 8.28. The summed E-state index contributed by atoms with van der Waals surface area (Å²) < 4.78 is 0. The summed E-state index contributed by atoms with van der Waals surface area (Å²) in [6, 6.07) is 25.9. The second-order valence-electron chi connectivity index (χ2n) is 6.67. The highest BCUT2D eigenvalue weighted by molar-refractivity contribution is 5.89. The maximum atomic E-state index is 12.7. The van der Waals surface area contributed by atoms with Gasteiger partial charge in [-0.3, -0.25) is 0 Å². The number of hydrogen-bond acceptors (Lipinski definition) is 3. The summed E-state index contributed by atoms with van der Waals surface area (Å²) in [5.74, 6) is 0.691. The van der Waals surface area contributed by atoms with Gasteiger partial charge in [0.25, 0.3) is 0 Å². The molecule has 0 aliphatic heterocycles. The number of para-hydroxylation sites is 2. The first-order chi connectivity index (χ1) is 14.2. The van der Waals surface area contributed by atoms with Crippen molar-refractivity contribution in [3.8, 4) is 6.07 Å². The Labute approximate surface area is 168 Å². The van der Waals surface area contributed by atoms with E-state index in [4.69, 9.17) is 5.26 Å². The molecule has 4 aromatic rings. The van der Waals surface area contributed by atoms with E-state index in [9.17, 15) is 4.79 Å². The zero-order chi connectivity index (χ0) is 20.1. The van der Waals surface area contributed by atoms with E-state index >= 15 is 0 Å². The predicted octanol–water partition coefficient (Wildman–Crippen LogP) is 4.54. The van der Waals surface area contributed by atoms with Gasteiger partial charge in [0.1, 0.15) is 5.82 Å². The van der Waals surface area contributed by atoms with E-state index in [0.717, 1.165) is 16.6 Å². The molecule has 0 saturated carbocycles. The van der Waals surface area contributed by atoms with Crippen LogP contribution in [0.15, 0.2) is 78.9 Å². The molecule has 1 aromatic heterocycles. The summed E-state index contributed by atoms with van der Waals surface area (Å²) in [5.41, 5.74) is 3.91. The number of rotatable bonds is 5. The Balaban J connectivity index is 1.57. The molecule has 6 heteroatoms. The van der Waals surface area contributed by atoms with Gasteiger partial charge in [0, 0.05) is 5.69 Å². The number of amides is 2. The lowest BCUT2D eigenvalue weighted by molar-refractivity contribution is 0.248. The van der Waals surface area contributed by atoms with Gasteiger partial charge in [-0.15, -0.1) is 0 Å². The van der Waals surface area contributed by atoms with E-state index in [1.54, 1.807) is 24.3 Å². The topological polar surface area (TPSA) is 93.6 Å². The first-order valence-electron chi connectivity index (χ1n) is 9.27. The normalized spacial score (nSPS) is 11.6. The van der Waals surface area contributed by atoms with Gasteiger partial charge in [-0.25, -0.2) is 9.78 Å². The molecule has 3 aromatic carbocycles. The van der Waals surface area contributed by atoms with Crippen molar-refractivity contribution >= 4 is 22.8 Å². The summed E-state index contributed by atoms with van der Waals surface area (Å²) in [4.78, 5) is 20.6. The Morgan fingerprint density at radius 1 is 1.03 bits per heavy atom. The van der Waals surface area contributed by atoms with E-state index in [0.29, 0.717) is 23.5 Å². The third-order valence-electron chi connectivity index (χ3n) is 4.58. The van der Waals surface area contributed by atoms with Gasteiger partial charge in [0.15, 0.2) is 0 Å². The van der Waals surface area contributed by atoms with Crippen LogP contribution in [-0.4, -0.2) is 16.0 Å². The van der Waals surface area contributed by atoms with Gasteiger partial charge in [-0.05, 0) is 42.3 Å². The molecule has 0 radical (unpaired) electrons. The number of anilines is 1. The van der Waals surface area contributed by atoms with Crippen LogP contribution in [0.4, 0.5) is 10.5 Å². The number of carbonyl (C=O) groups excluding carboxylic acids is 1. The summed E-state index contributed by atoms with van der Waals surface area (Å²) in [5, 5.41) is 14.8.